The summed E-state index contributed by atoms with van der Waals surface area (Å²) in [4.78, 5) is 0. The Morgan fingerprint density at radius 2 is 2.45 bits per heavy atom. The molecule has 0 saturated heterocycles. The Kier molecular flexibility index (Phi) is 3.22. The molecule has 0 unspecified atom stereocenters. The number of aromatic nitrogens is 2. The fraction of sp³-hybridized carbons (Fsp3) is 0.600. The highest BCUT2D eigenvalue weighted by Gasteiger charge is 2.00. The van der Waals surface area contributed by atoms with Crippen molar-refractivity contribution in [1.29, 1.82) is 0 Å². The van der Waals surface area contributed by atoms with Crippen molar-refractivity contribution in [2.24, 2.45) is 0 Å². The fourth-order valence-corrected chi connectivity index (χ4v) is 1.53. The lowest BCUT2D eigenvalue weighted by molar-refractivity contribution is 0.208. The van der Waals surface area contributed by atoms with Gasteiger partial charge in [-0.05, 0) is 22.9 Å². The van der Waals surface area contributed by atoms with Crippen LogP contribution in [0, 0.1) is 0 Å². The van der Waals surface area contributed by atoms with E-state index in [-0.39, 0.29) is 6.10 Å². The molecule has 0 bridgehead atoms. The van der Waals surface area contributed by atoms with Crippen molar-refractivity contribution in [1.82, 2.24) is 10.2 Å². The van der Waals surface area contributed by atoms with Crippen LogP contribution in [0.25, 0.3) is 0 Å². The summed E-state index contributed by atoms with van der Waals surface area (Å²) >= 11 is 4.58. The molecule has 4 nitrogen and oxygen atoms in total. The molecule has 6 heteroatoms. The first kappa shape index (κ1) is 8.89. The first-order chi connectivity index (χ1) is 5.18. The van der Waals surface area contributed by atoms with E-state index in [9.17, 15) is 0 Å². The van der Waals surface area contributed by atoms with Gasteiger partial charge in [0.15, 0.2) is 3.92 Å². The van der Waals surface area contributed by atoms with Crippen LogP contribution in [0.5, 0.6) is 0 Å². The maximum Gasteiger partial charge on any atom is 0.206 e. The van der Waals surface area contributed by atoms with Crippen molar-refractivity contribution < 1.29 is 5.11 Å². The van der Waals surface area contributed by atoms with Crippen LogP contribution >= 0.6 is 27.3 Å². The Labute approximate surface area is 76.8 Å². The Morgan fingerprint density at radius 1 is 1.73 bits per heavy atom. The van der Waals surface area contributed by atoms with E-state index in [4.69, 9.17) is 5.11 Å². The van der Waals surface area contributed by atoms with E-state index in [1.54, 1.807) is 6.92 Å². The molecule has 0 amide bonds. The zero-order valence-corrected chi connectivity index (χ0v) is 8.31. The van der Waals surface area contributed by atoms with E-state index < -0.39 is 0 Å². The van der Waals surface area contributed by atoms with E-state index in [0.717, 1.165) is 9.05 Å². The average Bonchev–Trinajstić information content (AvgIpc) is 2.31. The second kappa shape index (κ2) is 3.99. The van der Waals surface area contributed by atoms with E-state index in [0.29, 0.717) is 6.54 Å². The summed E-state index contributed by atoms with van der Waals surface area (Å²) in [6.45, 7) is 2.21. The highest BCUT2D eigenvalue weighted by molar-refractivity contribution is 9.11. The van der Waals surface area contributed by atoms with Gasteiger partial charge in [-0.2, -0.15) is 0 Å². The lowest BCUT2D eigenvalue weighted by Crippen LogP contribution is -2.14. The number of rotatable bonds is 3. The maximum atomic E-state index is 8.90. The number of nitrogens with one attached hydrogen (secondary N) is 1. The number of hydrogen-bond donors (Lipinski definition) is 2. The highest BCUT2D eigenvalue weighted by atomic mass is 79.9. The molecule has 1 aromatic heterocycles. The van der Waals surface area contributed by atoms with Gasteiger partial charge in [0.25, 0.3) is 0 Å². The molecule has 0 spiro atoms. The quantitative estimate of drug-likeness (QED) is 0.827. The molecule has 1 atom stereocenters. The summed E-state index contributed by atoms with van der Waals surface area (Å²) in [5, 5.41) is 20.1. The predicted octanol–water partition coefficient (Wildman–Crippen LogP) is 1.09. The minimum atomic E-state index is -0.363. The molecule has 0 aliphatic rings. The van der Waals surface area contributed by atoms with E-state index in [1.165, 1.54) is 11.3 Å². The van der Waals surface area contributed by atoms with Gasteiger partial charge in [-0.15, -0.1) is 10.2 Å². The smallest absolute Gasteiger partial charge is 0.206 e. The minimum Gasteiger partial charge on any atom is -0.392 e. The number of aliphatic hydroxyl groups is 1. The normalized spacial score (nSPS) is 13.0. The number of hydrogen-bond acceptors (Lipinski definition) is 5. The SMILES string of the molecule is C[C@@H](O)CNc1nnc(Br)s1. The van der Waals surface area contributed by atoms with Crippen LogP contribution in [0.1, 0.15) is 6.92 Å². The molecular weight excluding hydrogens is 230 g/mol. The minimum absolute atomic E-state index is 0.363. The molecule has 0 saturated carbocycles. The molecule has 0 fully saturated rings. The zero-order chi connectivity index (χ0) is 8.27. The van der Waals surface area contributed by atoms with Crippen molar-refractivity contribution in [3.05, 3.63) is 3.92 Å². The molecule has 2 N–H and O–H groups in total. The van der Waals surface area contributed by atoms with Crippen molar-refractivity contribution in [2.45, 2.75) is 13.0 Å². The summed E-state index contributed by atoms with van der Waals surface area (Å²) < 4.78 is 0.741. The molecule has 0 aliphatic heterocycles. The Morgan fingerprint density at radius 3 is 2.91 bits per heavy atom. The Balaban J connectivity index is 2.39. The van der Waals surface area contributed by atoms with E-state index in [1.807, 2.05) is 0 Å². The van der Waals surface area contributed by atoms with Gasteiger partial charge < -0.3 is 10.4 Å². The monoisotopic (exact) mass is 237 g/mol. The van der Waals surface area contributed by atoms with Gasteiger partial charge in [-0.1, -0.05) is 11.3 Å². The van der Waals surface area contributed by atoms with Crippen LogP contribution in [0.15, 0.2) is 3.92 Å². The fourth-order valence-electron chi connectivity index (χ4n) is 0.512. The van der Waals surface area contributed by atoms with Crippen molar-refractivity contribution in [3.8, 4) is 0 Å². The van der Waals surface area contributed by atoms with Crippen LogP contribution in [-0.2, 0) is 0 Å². The largest absolute Gasteiger partial charge is 0.392 e. The van der Waals surface area contributed by atoms with Gasteiger partial charge in [-0.3, -0.25) is 0 Å². The van der Waals surface area contributed by atoms with Gasteiger partial charge in [0, 0.05) is 6.54 Å². The first-order valence-corrected chi connectivity index (χ1v) is 4.70. The van der Waals surface area contributed by atoms with Crippen molar-refractivity contribution in [2.75, 3.05) is 11.9 Å². The number of halogens is 1. The topological polar surface area (TPSA) is 58.0 Å². The molecule has 1 aromatic rings. The van der Waals surface area contributed by atoms with Crippen LogP contribution in [0.3, 0.4) is 0 Å². The van der Waals surface area contributed by atoms with Gasteiger partial charge in [0.2, 0.25) is 5.13 Å². The third kappa shape index (κ3) is 3.13. The molecule has 0 aromatic carbocycles. The van der Waals surface area contributed by atoms with Crippen molar-refractivity contribution in [3.63, 3.8) is 0 Å². The van der Waals surface area contributed by atoms with Gasteiger partial charge in [0.1, 0.15) is 0 Å². The molecule has 11 heavy (non-hydrogen) atoms. The standard InChI is InChI=1S/C5H8BrN3OS/c1-3(10)2-7-5-9-8-4(6)11-5/h3,10H,2H2,1H3,(H,7,9)/t3-/m1/s1. The lowest BCUT2D eigenvalue weighted by Gasteiger charge is -2.02. The molecular formula is C5H8BrN3OS. The summed E-state index contributed by atoms with van der Waals surface area (Å²) in [6, 6.07) is 0. The maximum absolute atomic E-state index is 8.90. The molecule has 62 valence electrons. The highest BCUT2D eigenvalue weighted by Crippen LogP contribution is 2.19. The lowest BCUT2D eigenvalue weighted by atomic mass is 10.4. The van der Waals surface area contributed by atoms with Gasteiger partial charge in [-0.25, -0.2) is 0 Å². The van der Waals surface area contributed by atoms with E-state index >= 15 is 0 Å². The van der Waals surface area contributed by atoms with Gasteiger partial charge in [0.05, 0.1) is 6.10 Å². The van der Waals surface area contributed by atoms with Crippen LogP contribution in [-0.4, -0.2) is 28.0 Å². The Bertz CT molecular complexity index is 227. The average molecular weight is 238 g/mol. The second-order valence-corrected chi connectivity index (χ2v) is 4.34. The molecule has 1 rings (SSSR count). The first-order valence-electron chi connectivity index (χ1n) is 3.09. The molecule has 1 heterocycles. The van der Waals surface area contributed by atoms with Gasteiger partial charge >= 0.3 is 0 Å². The summed E-state index contributed by atoms with van der Waals surface area (Å²) in [5.74, 6) is 0. The van der Waals surface area contributed by atoms with E-state index in [2.05, 4.69) is 31.4 Å². The number of nitrogens with zero attached hydrogens (tertiary/aromatic N) is 2. The van der Waals surface area contributed by atoms with Crippen molar-refractivity contribution >= 4 is 32.4 Å². The number of anilines is 1. The molecule has 0 radical (unpaired) electrons. The second-order valence-electron chi connectivity index (χ2n) is 2.09. The third-order valence-corrected chi connectivity index (χ3v) is 2.26. The summed E-state index contributed by atoms with van der Waals surface area (Å²) in [6.07, 6.45) is -0.363. The molecule has 0 aliphatic carbocycles. The third-order valence-electron chi connectivity index (χ3n) is 0.949. The summed E-state index contributed by atoms with van der Waals surface area (Å²) in [5.41, 5.74) is 0. The van der Waals surface area contributed by atoms with Crippen LogP contribution in [0.2, 0.25) is 0 Å². The van der Waals surface area contributed by atoms with Crippen LogP contribution in [0.4, 0.5) is 5.13 Å². The van der Waals surface area contributed by atoms with Crippen LogP contribution < -0.4 is 5.32 Å². The predicted molar refractivity (Wildman–Crippen MR) is 47.8 cm³/mol. The summed E-state index contributed by atoms with van der Waals surface area (Å²) in [7, 11) is 0. The Hall–Kier alpha value is -0.200. The number of aliphatic hydroxyl groups excluding tert-OH is 1. The zero-order valence-electron chi connectivity index (χ0n) is 5.91.